The molecule has 0 amide bonds. The van der Waals surface area contributed by atoms with Crippen LogP contribution in [0.25, 0.3) is 11.5 Å². The lowest BCUT2D eigenvalue weighted by atomic mass is 10.2. The quantitative estimate of drug-likeness (QED) is 0.569. The van der Waals surface area contributed by atoms with Gasteiger partial charge in [0.1, 0.15) is 5.75 Å². The van der Waals surface area contributed by atoms with E-state index >= 15 is 0 Å². The SMILES string of the molecule is CCCc1noc(-c2cc(S(=O)(=O)N(CC)c3ccccc3)ccc2OC)n1. The minimum absolute atomic E-state index is 0.129. The summed E-state index contributed by atoms with van der Waals surface area (Å²) in [7, 11) is -2.26. The summed E-state index contributed by atoms with van der Waals surface area (Å²) in [5.41, 5.74) is 1.05. The molecule has 148 valence electrons. The smallest absolute Gasteiger partial charge is 0.264 e. The Morgan fingerprint density at radius 1 is 1.11 bits per heavy atom. The number of nitrogens with zero attached hydrogens (tertiary/aromatic N) is 3. The zero-order valence-corrected chi connectivity index (χ0v) is 16.9. The molecule has 0 aliphatic rings. The number of hydrogen-bond acceptors (Lipinski definition) is 6. The molecular formula is C20H23N3O4S. The molecule has 0 fully saturated rings. The lowest BCUT2D eigenvalue weighted by molar-refractivity contribution is 0.402. The molecule has 0 N–H and O–H groups in total. The first-order valence-corrected chi connectivity index (χ1v) is 10.5. The number of anilines is 1. The van der Waals surface area contributed by atoms with Crippen molar-refractivity contribution in [1.29, 1.82) is 0 Å². The van der Waals surface area contributed by atoms with Gasteiger partial charge in [0.15, 0.2) is 5.82 Å². The molecule has 0 aliphatic heterocycles. The molecule has 0 spiro atoms. The van der Waals surface area contributed by atoms with Crippen molar-refractivity contribution in [2.24, 2.45) is 0 Å². The third kappa shape index (κ3) is 3.87. The van der Waals surface area contributed by atoms with Crippen LogP contribution < -0.4 is 9.04 Å². The number of hydrogen-bond donors (Lipinski definition) is 0. The third-order valence-electron chi connectivity index (χ3n) is 4.26. The fraction of sp³-hybridized carbons (Fsp3) is 0.300. The predicted molar refractivity (Wildman–Crippen MR) is 107 cm³/mol. The number of sulfonamides is 1. The molecule has 0 aliphatic carbocycles. The second-order valence-electron chi connectivity index (χ2n) is 6.13. The van der Waals surface area contributed by atoms with Gasteiger partial charge in [0.05, 0.1) is 23.3 Å². The van der Waals surface area contributed by atoms with Gasteiger partial charge < -0.3 is 9.26 Å². The Hall–Kier alpha value is -2.87. The van der Waals surface area contributed by atoms with Gasteiger partial charge in [-0.25, -0.2) is 8.42 Å². The van der Waals surface area contributed by atoms with E-state index in [2.05, 4.69) is 10.1 Å². The minimum atomic E-state index is -3.78. The number of para-hydroxylation sites is 1. The van der Waals surface area contributed by atoms with Crippen LogP contribution in [-0.2, 0) is 16.4 Å². The zero-order valence-electron chi connectivity index (χ0n) is 16.1. The molecule has 2 aromatic carbocycles. The first-order valence-electron chi connectivity index (χ1n) is 9.10. The zero-order chi connectivity index (χ0) is 20.1. The van der Waals surface area contributed by atoms with Gasteiger partial charge in [-0.15, -0.1) is 0 Å². The highest BCUT2D eigenvalue weighted by molar-refractivity contribution is 7.92. The summed E-state index contributed by atoms with van der Waals surface area (Å²) in [6, 6.07) is 13.6. The summed E-state index contributed by atoms with van der Waals surface area (Å²) in [6.07, 6.45) is 1.56. The Labute approximate surface area is 165 Å². The second kappa shape index (κ2) is 8.43. The highest BCUT2D eigenvalue weighted by atomic mass is 32.2. The molecular weight excluding hydrogens is 378 g/mol. The van der Waals surface area contributed by atoms with E-state index in [0.717, 1.165) is 6.42 Å². The van der Waals surface area contributed by atoms with E-state index in [4.69, 9.17) is 9.26 Å². The molecule has 7 nitrogen and oxygen atoms in total. The van der Waals surface area contributed by atoms with E-state index in [9.17, 15) is 8.42 Å². The van der Waals surface area contributed by atoms with Crippen LogP contribution >= 0.6 is 0 Å². The van der Waals surface area contributed by atoms with Crippen LogP contribution in [0.3, 0.4) is 0 Å². The van der Waals surface area contributed by atoms with E-state index in [1.807, 2.05) is 13.0 Å². The van der Waals surface area contributed by atoms with Crippen molar-refractivity contribution in [1.82, 2.24) is 10.1 Å². The summed E-state index contributed by atoms with van der Waals surface area (Å²) < 4.78 is 38.6. The highest BCUT2D eigenvalue weighted by Gasteiger charge is 2.26. The lowest BCUT2D eigenvalue weighted by Gasteiger charge is -2.23. The molecule has 3 rings (SSSR count). The summed E-state index contributed by atoms with van der Waals surface area (Å²) in [6.45, 7) is 4.12. The summed E-state index contributed by atoms with van der Waals surface area (Å²) in [5, 5.41) is 3.95. The lowest BCUT2D eigenvalue weighted by Crippen LogP contribution is -2.30. The molecule has 0 atom stereocenters. The van der Waals surface area contributed by atoms with Gasteiger partial charge in [-0.1, -0.05) is 30.3 Å². The Morgan fingerprint density at radius 2 is 1.86 bits per heavy atom. The summed E-state index contributed by atoms with van der Waals surface area (Å²) >= 11 is 0. The number of benzene rings is 2. The number of aryl methyl sites for hydroxylation is 1. The standard InChI is InChI=1S/C20H23N3O4S/c1-4-9-19-21-20(27-22-19)17-14-16(12-13-18(17)26-3)28(24,25)23(5-2)15-10-7-6-8-11-15/h6-8,10-14H,4-5,9H2,1-3H3. The number of rotatable bonds is 8. The summed E-state index contributed by atoms with van der Waals surface area (Å²) in [5.74, 6) is 1.28. The molecule has 8 heteroatoms. The number of ether oxygens (including phenoxy) is 1. The van der Waals surface area contributed by atoms with Crippen molar-refractivity contribution in [3.63, 3.8) is 0 Å². The topological polar surface area (TPSA) is 85.5 Å². The van der Waals surface area contributed by atoms with Crippen LogP contribution in [0.2, 0.25) is 0 Å². The van der Waals surface area contributed by atoms with E-state index in [1.54, 1.807) is 37.3 Å². The molecule has 0 unspecified atom stereocenters. The van der Waals surface area contributed by atoms with E-state index in [1.165, 1.54) is 23.5 Å². The first-order chi connectivity index (χ1) is 13.5. The normalized spacial score (nSPS) is 11.4. The fourth-order valence-corrected chi connectivity index (χ4v) is 4.42. The molecule has 0 bridgehead atoms. The van der Waals surface area contributed by atoms with Gasteiger partial charge in [-0.3, -0.25) is 4.31 Å². The van der Waals surface area contributed by atoms with E-state index < -0.39 is 10.0 Å². The maximum atomic E-state index is 13.3. The van der Waals surface area contributed by atoms with Crippen LogP contribution in [0, 0.1) is 0 Å². The average Bonchev–Trinajstić information content (AvgIpc) is 3.17. The molecule has 0 saturated carbocycles. The average molecular weight is 401 g/mol. The Kier molecular flexibility index (Phi) is 5.99. The number of methoxy groups -OCH3 is 1. The maximum Gasteiger partial charge on any atom is 0.264 e. The molecule has 28 heavy (non-hydrogen) atoms. The van der Waals surface area contributed by atoms with Crippen LogP contribution in [0.1, 0.15) is 26.1 Å². The van der Waals surface area contributed by atoms with Crippen molar-refractivity contribution >= 4 is 15.7 Å². The Bertz CT molecular complexity index is 1030. The highest BCUT2D eigenvalue weighted by Crippen LogP contribution is 2.33. The summed E-state index contributed by atoms with van der Waals surface area (Å²) in [4.78, 5) is 4.49. The molecule has 3 aromatic rings. The van der Waals surface area contributed by atoms with Gasteiger partial charge in [0, 0.05) is 13.0 Å². The van der Waals surface area contributed by atoms with E-state index in [0.29, 0.717) is 35.8 Å². The predicted octanol–water partition coefficient (Wildman–Crippen LogP) is 3.91. The van der Waals surface area contributed by atoms with Crippen molar-refractivity contribution in [3.05, 3.63) is 54.4 Å². The third-order valence-corrected chi connectivity index (χ3v) is 6.16. The van der Waals surface area contributed by atoms with Crippen molar-refractivity contribution < 1.29 is 17.7 Å². The monoisotopic (exact) mass is 401 g/mol. The van der Waals surface area contributed by atoms with Gasteiger partial charge in [0.2, 0.25) is 0 Å². The van der Waals surface area contributed by atoms with Crippen molar-refractivity contribution in [2.75, 3.05) is 18.0 Å². The van der Waals surface area contributed by atoms with Gasteiger partial charge in [-0.2, -0.15) is 4.98 Å². The Morgan fingerprint density at radius 3 is 2.50 bits per heavy atom. The van der Waals surface area contributed by atoms with Gasteiger partial charge >= 0.3 is 0 Å². The van der Waals surface area contributed by atoms with Crippen molar-refractivity contribution in [2.45, 2.75) is 31.6 Å². The fourth-order valence-electron chi connectivity index (χ4n) is 2.92. The van der Waals surface area contributed by atoms with Crippen molar-refractivity contribution in [3.8, 4) is 17.2 Å². The van der Waals surface area contributed by atoms with Crippen LogP contribution in [0.4, 0.5) is 5.69 Å². The number of aromatic nitrogens is 2. The minimum Gasteiger partial charge on any atom is -0.496 e. The second-order valence-corrected chi connectivity index (χ2v) is 8.00. The molecule has 1 heterocycles. The Balaban J connectivity index is 2.06. The van der Waals surface area contributed by atoms with E-state index in [-0.39, 0.29) is 10.8 Å². The van der Waals surface area contributed by atoms with Crippen LogP contribution in [0.5, 0.6) is 5.75 Å². The van der Waals surface area contributed by atoms with Gasteiger partial charge in [0.25, 0.3) is 15.9 Å². The molecule has 1 aromatic heterocycles. The van der Waals surface area contributed by atoms with Crippen LogP contribution in [-0.4, -0.2) is 32.2 Å². The van der Waals surface area contributed by atoms with Crippen LogP contribution in [0.15, 0.2) is 57.9 Å². The maximum absolute atomic E-state index is 13.3. The largest absolute Gasteiger partial charge is 0.496 e. The van der Waals surface area contributed by atoms with Gasteiger partial charge in [-0.05, 0) is 43.7 Å². The molecule has 0 radical (unpaired) electrons. The first kappa shape index (κ1) is 19.9. The molecule has 0 saturated heterocycles.